The van der Waals surface area contributed by atoms with E-state index in [1.807, 2.05) is 0 Å². The van der Waals surface area contributed by atoms with Crippen LogP contribution >= 0.6 is 8.25 Å². The summed E-state index contributed by atoms with van der Waals surface area (Å²) in [5.41, 5.74) is -12.0. The highest BCUT2D eigenvalue weighted by molar-refractivity contribution is 7.87. The highest BCUT2D eigenvalue weighted by Gasteiger charge is 2.53. The topological polar surface area (TPSA) is 122 Å². The van der Waals surface area contributed by atoms with E-state index in [-0.39, 0.29) is 0 Å². The van der Waals surface area contributed by atoms with Crippen LogP contribution in [0, 0.1) is 0 Å². The number of hydrogen-bond acceptors (Lipinski definition) is 9. The molecular formula is C2F6O9PS2+. The molecule has 0 unspecified atom stereocenters. The van der Waals surface area contributed by atoms with Crippen molar-refractivity contribution in [2.75, 3.05) is 0 Å². The molecule has 0 aliphatic carbocycles. The van der Waals surface area contributed by atoms with Crippen LogP contribution in [0.4, 0.5) is 26.3 Å². The minimum absolute atomic E-state index is 2.59. The maximum Gasteiger partial charge on any atom is 0.762 e. The van der Waals surface area contributed by atoms with Crippen LogP contribution in [0.3, 0.4) is 0 Å². The molecule has 0 aliphatic rings. The molecule has 0 fully saturated rings. The maximum atomic E-state index is 11.6. The molecule has 20 heavy (non-hydrogen) atoms. The van der Waals surface area contributed by atoms with Crippen molar-refractivity contribution < 1.29 is 65.8 Å². The average Bonchev–Trinajstić information content (AvgIpc) is 2.20. The fourth-order valence-electron chi connectivity index (χ4n) is 0.219. The van der Waals surface area contributed by atoms with Crippen molar-refractivity contribution in [2.45, 2.75) is 11.0 Å². The fourth-order valence-corrected chi connectivity index (χ4v) is 1.44. The molecule has 0 rings (SSSR count). The highest BCUT2D eigenvalue weighted by atomic mass is 32.2. The number of rotatable bonds is 6. The molecule has 0 saturated carbocycles. The van der Waals surface area contributed by atoms with E-state index < -0.39 is 39.5 Å². The van der Waals surface area contributed by atoms with E-state index in [1.165, 1.54) is 0 Å². The Labute approximate surface area is 106 Å². The van der Waals surface area contributed by atoms with Crippen molar-refractivity contribution in [3.63, 3.8) is 0 Å². The molecule has 18 heteroatoms. The first kappa shape index (κ1) is 19.4. The molecule has 0 aromatic rings. The summed E-state index contributed by atoms with van der Waals surface area (Å²) >= 11 is 0. The Hall–Kier alpha value is -0.580. The van der Waals surface area contributed by atoms with Crippen LogP contribution in [0.15, 0.2) is 0 Å². The Bertz CT molecular complexity index is 506. The van der Waals surface area contributed by atoms with Gasteiger partial charge in [0.15, 0.2) is 0 Å². The molecule has 0 amide bonds. The molecule has 120 valence electrons. The molecule has 0 spiro atoms. The van der Waals surface area contributed by atoms with Crippen molar-refractivity contribution >= 4 is 28.5 Å². The minimum atomic E-state index is -6.39. The summed E-state index contributed by atoms with van der Waals surface area (Å²) < 4.78 is 131. The molecule has 0 aromatic carbocycles. The van der Waals surface area contributed by atoms with Crippen LogP contribution in [0.25, 0.3) is 0 Å². The lowest BCUT2D eigenvalue weighted by atomic mass is 11.6. The first-order valence-electron chi connectivity index (χ1n) is 3.42. The van der Waals surface area contributed by atoms with Gasteiger partial charge in [-0.15, -0.1) is 0 Å². The maximum absolute atomic E-state index is 11.6. The fraction of sp³-hybridized carbons (Fsp3) is 1.00. The summed E-state index contributed by atoms with van der Waals surface area (Å²) in [5.74, 6) is 0. The Kier molecular flexibility index (Phi) is 5.87. The lowest BCUT2D eigenvalue weighted by Gasteiger charge is -2.02. The molecule has 0 heterocycles. The third-order valence-corrected chi connectivity index (χ3v) is 3.15. The second-order valence-corrected chi connectivity index (χ2v) is 6.07. The first-order valence-corrected chi connectivity index (χ1v) is 7.34. The standard InChI is InChI=1S/C2F6O9PS2/c3-1(4,5)19(10,11)16-14-18(9)15-17-20(12,13)2(6,7)8/q+1. The van der Waals surface area contributed by atoms with E-state index in [2.05, 4.69) is 18.0 Å². The van der Waals surface area contributed by atoms with Gasteiger partial charge in [-0.2, -0.15) is 43.2 Å². The predicted molar refractivity (Wildman–Crippen MR) is 41.9 cm³/mol. The van der Waals surface area contributed by atoms with Crippen LogP contribution in [0.5, 0.6) is 0 Å². The van der Waals surface area contributed by atoms with Crippen LogP contribution in [-0.4, -0.2) is 27.9 Å². The highest BCUT2D eigenvalue weighted by Crippen LogP contribution is 2.33. The first-order chi connectivity index (χ1) is 8.60. The summed E-state index contributed by atoms with van der Waals surface area (Å²) in [5, 5.41) is 0. The summed E-state index contributed by atoms with van der Waals surface area (Å²) in [6, 6.07) is 0. The van der Waals surface area contributed by atoms with E-state index in [4.69, 9.17) is 0 Å². The van der Waals surface area contributed by atoms with E-state index in [0.717, 1.165) is 0 Å². The van der Waals surface area contributed by atoms with Crippen LogP contribution in [-0.2, 0) is 42.8 Å². The smallest absolute Gasteiger partial charge is 0.187 e. The molecule has 0 aromatic heterocycles. The van der Waals surface area contributed by atoms with E-state index in [0.29, 0.717) is 0 Å². The van der Waals surface area contributed by atoms with Gasteiger partial charge in [-0.25, -0.2) is 0 Å². The van der Waals surface area contributed by atoms with Crippen molar-refractivity contribution in [1.29, 1.82) is 0 Å². The zero-order chi connectivity index (χ0) is 16.4. The predicted octanol–water partition coefficient (Wildman–Crippen LogP) is 1.24. The van der Waals surface area contributed by atoms with Gasteiger partial charge in [0, 0.05) is 4.57 Å². The third-order valence-electron chi connectivity index (χ3n) is 0.929. The van der Waals surface area contributed by atoms with Gasteiger partial charge in [0.25, 0.3) is 0 Å². The van der Waals surface area contributed by atoms with Gasteiger partial charge in [0.05, 0.1) is 9.35 Å². The summed E-state index contributed by atoms with van der Waals surface area (Å²) in [4.78, 5) is 0. The lowest BCUT2D eigenvalue weighted by Crippen LogP contribution is -2.25. The normalized spacial score (nSPS) is 14.3. The zero-order valence-corrected chi connectivity index (χ0v) is 10.7. The van der Waals surface area contributed by atoms with E-state index in [1.54, 1.807) is 0 Å². The molecule has 0 bridgehead atoms. The van der Waals surface area contributed by atoms with Gasteiger partial charge in [-0.1, -0.05) is 0 Å². The monoisotopic (exact) mass is 377 g/mol. The molecule has 0 atom stereocenters. The Morgan fingerprint density at radius 2 is 0.950 bits per heavy atom. The van der Waals surface area contributed by atoms with Gasteiger partial charge in [-0.05, 0) is 8.67 Å². The van der Waals surface area contributed by atoms with Crippen LogP contribution < -0.4 is 0 Å². The lowest BCUT2D eigenvalue weighted by molar-refractivity contribution is -0.175. The summed E-state index contributed by atoms with van der Waals surface area (Å²) in [6.07, 6.45) is 0. The minimum Gasteiger partial charge on any atom is -0.187 e. The van der Waals surface area contributed by atoms with E-state index >= 15 is 0 Å². The van der Waals surface area contributed by atoms with Gasteiger partial charge in [-0.3, -0.25) is 0 Å². The van der Waals surface area contributed by atoms with Crippen LogP contribution in [0.1, 0.15) is 0 Å². The second kappa shape index (κ2) is 6.04. The Morgan fingerprint density at radius 1 is 0.700 bits per heavy atom. The van der Waals surface area contributed by atoms with Gasteiger partial charge in [0.2, 0.25) is 0 Å². The Balaban J connectivity index is 4.50. The van der Waals surface area contributed by atoms with Crippen molar-refractivity contribution in [3.8, 4) is 0 Å². The van der Waals surface area contributed by atoms with Crippen molar-refractivity contribution in [2.24, 2.45) is 0 Å². The number of alkyl halides is 6. The van der Waals surface area contributed by atoms with Crippen LogP contribution in [0.2, 0.25) is 0 Å². The zero-order valence-electron chi connectivity index (χ0n) is 8.21. The molecule has 0 N–H and O–H groups in total. The second-order valence-electron chi connectivity index (χ2n) is 2.31. The number of halogens is 6. The summed E-state index contributed by atoms with van der Waals surface area (Å²) in [6.45, 7) is 0. The SMILES string of the molecule is O=[P+](OOS(=O)(=O)C(F)(F)F)OOS(=O)(=O)C(F)(F)F. The van der Waals surface area contributed by atoms with Crippen molar-refractivity contribution in [1.82, 2.24) is 0 Å². The molecule has 0 saturated heterocycles. The molecule has 0 radical (unpaired) electrons. The molecule has 0 aliphatic heterocycles. The van der Waals surface area contributed by atoms with Crippen molar-refractivity contribution in [3.05, 3.63) is 0 Å². The molecular weight excluding hydrogens is 377 g/mol. The number of hydrogen-bond donors (Lipinski definition) is 0. The largest absolute Gasteiger partial charge is 0.762 e. The van der Waals surface area contributed by atoms with E-state index in [9.17, 15) is 47.7 Å². The van der Waals surface area contributed by atoms with Gasteiger partial charge < -0.3 is 0 Å². The Morgan fingerprint density at radius 3 is 1.15 bits per heavy atom. The average molecular weight is 377 g/mol. The quantitative estimate of drug-likeness (QED) is 0.221. The molecule has 9 nitrogen and oxygen atoms in total. The summed E-state index contributed by atoms with van der Waals surface area (Å²) in [7, 11) is -17.0. The third kappa shape index (κ3) is 5.43. The van der Waals surface area contributed by atoms with Gasteiger partial charge >= 0.3 is 39.5 Å². The van der Waals surface area contributed by atoms with Gasteiger partial charge in [0.1, 0.15) is 0 Å².